The summed E-state index contributed by atoms with van der Waals surface area (Å²) in [5, 5.41) is 9.58. The molecule has 1 heterocycles. The molecule has 3 nitrogen and oxygen atoms in total. The number of nitrogens with zero attached hydrogens (tertiary/aromatic N) is 2. The van der Waals surface area contributed by atoms with Crippen LogP contribution in [0.4, 0.5) is 5.82 Å². The van der Waals surface area contributed by atoms with Crippen LogP contribution in [-0.4, -0.2) is 15.6 Å². The van der Waals surface area contributed by atoms with Gasteiger partial charge in [-0.25, -0.2) is 4.99 Å². The van der Waals surface area contributed by atoms with Gasteiger partial charge in [-0.05, 0) is 38.0 Å². The minimum Gasteiger partial charge on any atom is -0.427 e. The molecule has 0 aliphatic heterocycles. The van der Waals surface area contributed by atoms with Crippen LogP contribution in [0.15, 0.2) is 41.5 Å². The lowest BCUT2D eigenvalue weighted by Gasteiger charge is -2.03. The average Bonchev–Trinajstić information content (AvgIpc) is 2.61. The first-order chi connectivity index (χ1) is 8.08. The van der Waals surface area contributed by atoms with Gasteiger partial charge in [0.2, 0.25) is 0 Å². The summed E-state index contributed by atoms with van der Waals surface area (Å²) in [4.78, 5) is 4.45. The van der Waals surface area contributed by atoms with Gasteiger partial charge in [0.1, 0.15) is 0 Å². The largest absolute Gasteiger partial charge is 0.427 e. The second-order valence-electron chi connectivity index (χ2n) is 4.23. The molecular weight excluding hydrogens is 212 g/mol. The summed E-state index contributed by atoms with van der Waals surface area (Å²) in [6.07, 6.45) is 1.59. The van der Waals surface area contributed by atoms with Gasteiger partial charge in [0.15, 0.2) is 5.82 Å². The third-order valence-electron chi connectivity index (χ3n) is 2.78. The topological polar surface area (TPSA) is 37.5 Å². The van der Waals surface area contributed by atoms with Crippen LogP contribution in [0, 0.1) is 13.8 Å². The van der Waals surface area contributed by atoms with E-state index in [1.807, 2.05) is 32.0 Å². The fourth-order valence-electron chi connectivity index (χ4n) is 1.67. The van der Waals surface area contributed by atoms with Crippen LogP contribution < -0.4 is 0 Å². The summed E-state index contributed by atoms with van der Waals surface area (Å²) in [6, 6.07) is 10.0. The standard InChI is InChI=1S/C14H16N2O/c1-10-4-6-13(7-5-10)12(3)15-14-11(2)8-9-16(14)17/h4-9,17H,1-3H3/b15-12+. The first-order valence-electron chi connectivity index (χ1n) is 5.57. The third kappa shape index (κ3) is 2.38. The molecule has 2 rings (SSSR count). The molecule has 0 saturated carbocycles. The fourth-order valence-corrected chi connectivity index (χ4v) is 1.67. The molecule has 3 heteroatoms. The molecule has 0 radical (unpaired) electrons. The Morgan fingerprint density at radius 1 is 1.12 bits per heavy atom. The van der Waals surface area contributed by atoms with Gasteiger partial charge < -0.3 is 5.21 Å². The zero-order valence-electron chi connectivity index (χ0n) is 10.3. The van der Waals surface area contributed by atoms with E-state index >= 15 is 0 Å². The van der Waals surface area contributed by atoms with Crippen molar-refractivity contribution in [3.63, 3.8) is 0 Å². The van der Waals surface area contributed by atoms with Gasteiger partial charge in [-0.15, -0.1) is 0 Å². The highest BCUT2D eigenvalue weighted by Crippen LogP contribution is 2.19. The predicted molar refractivity (Wildman–Crippen MR) is 69.4 cm³/mol. The molecule has 0 atom stereocenters. The van der Waals surface area contributed by atoms with Crippen molar-refractivity contribution in [2.45, 2.75) is 20.8 Å². The third-order valence-corrected chi connectivity index (χ3v) is 2.78. The molecule has 0 aliphatic carbocycles. The Hall–Kier alpha value is -2.03. The maximum absolute atomic E-state index is 9.58. The van der Waals surface area contributed by atoms with E-state index in [2.05, 4.69) is 24.0 Å². The van der Waals surface area contributed by atoms with Crippen LogP contribution in [0.1, 0.15) is 23.6 Å². The lowest BCUT2D eigenvalue weighted by atomic mass is 10.1. The molecular formula is C14H16N2O. The van der Waals surface area contributed by atoms with Gasteiger partial charge in [0.25, 0.3) is 0 Å². The normalized spacial score (nSPS) is 11.8. The Morgan fingerprint density at radius 2 is 1.76 bits per heavy atom. The van der Waals surface area contributed by atoms with E-state index < -0.39 is 0 Å². The second kappa shape index (κ2) is 4.45. The van der Waals surface area contributed by atoms with Crippen molar-refractivity contribution in [2.24, 2.45) is 4.99 Å². The summed E-state index contributed by atoms with van der Waals surface area (Å²) in [6.45, 7) is 5.92. The molecule has 1 aromatic carbocycles. The Labute approximate surface area is 101 Å². The van der Waals surface area contributed by atoms with E-state index in [-0.39, 0.29) is 0 Å². The number of benzene rings is 1. The number of rotatable bonds is 2. The van der Waals surface area contributed by atoms with Crippen molar-refractivity contribution in [3.8, 4) is 0 Å². The zero-order chi connectivity index (χ0) is 12.4. The first kappa shape index (κ1) is 11.5. The van der Waals surface area contributed by atoms with E-state index in [0.717, 1.165) is 21.6 Å². The molecule has 0 aliphatic rings. The lowest BCUT2D eigenvalue weighted by molar-refractivity contribution is 0.192. The van der Waals surface area contributed by atoms with E-state index in [0.29, 0.717) is 5.82 Å². The maximum Gasteiger partial charge on any atom is 0.171 e. The van der Waals surface area contributed by atoms with Crippen LogP contribution in [0.2, 0.25) is 0 Å². The molecule has 1 N–H and O–H groups in total. The predicted octanol–water partition coefficient (Wildman–Crippen LogP) is 3.48. The van der Waals surface area contributed by atoms with Gasteiger partial charge in [0.05, 0.1) is 0 Å². The highest BCUT2D eigenvalue weighted by molar-refractivity contribution is 6.00. The van der Waals surface area contributed by atoms with Crippen molar-refractivity contribution in [1.82, 2.24) is 4.73 Å². The van der Waals surface area contributed by atoms with Crippen LogP contribution in [0.25, 0.3) is 0 Å². The molecule has 2 aromatic rings. The van der Waals surface area contributed by atoms with Gasteiger partial charge in [-0.3, -0.25) is 0 Å². The highest BCUT2D eigenvalue weighted by atomic mass is 16.5. The first-order valence-corrected chi connectivity index (χ1v) is 5.57. The van der Waals surface area contributed by atoms with Crippen molar-refractivity contribution >= 4 is 11.5 Å². The molecule has 0 unspecified atom stereocenters. The molecule has 0 spiro atoms. The van der Waals surface area contributed by atoms with Crippen molar-refractivity contribution < 1.29 is 5.21 Å². The summed E-state index contributed by atoms with van der Waals surface area (Å²) in [7, 11) is 0. The Morgan fingerprint density at radius 3 is 2.29 bits per heavy atom. The Bertz CT molecular complexity index is 531. The van der Waals surface area contributed by atoms with Crippen LogP contribution in [0.5, 0.6) is 0 Å². The van der Waals surface area contributed by atoms with Crippen molar-refractivity contribution in [1.29, 1.82) is 0 Å². The minimum absolute atomic E-state index is 0.586. The van der Waals surface area contributed by atoms with E-state index in [1.54, 1.807) is 6.20 Å². The fraction of sp³-hybridized carbons (Fsp3) is 0.214. The van der Waals surface area contributed by atoms with E-state index in [9.17, 15) is 5.21 Å². The minimum atomic E-state index is 0.586. The van der Waals surface area contributed by atoms with E-state index in [1.165, 1.54) is 5.56 Å². The van der Waals surface area contributed by atoms with E-state index in [4.69, 9.17) is 0 Å². The average molecular weight is 228 g/mol. The van der Waals surface area contributed by atoms with Gasteiger partial charge in [0, 0.05) is 11.9 Å². The molecule has 0 bridgehead atoms. The molecule has 1 aromatic heterocycles. The summed E-state index contributed by atoms with van der Waals surface area (Å²) in [5.41, 5.74) is 4.14. The lowest BCUT2D eigenvalue weighted by Crippen LogP contribution is -1.96. The Balaban J connectivity index is 2.37. The molecule has 0 amide bonds. The van der Waals surface area contributed by atoms with Gasteiger partial charge in [-0.2, -0.15) is 4.73 Å². The van der Waals surface area contributed by atoms with Gasteiger partial charge in [-0.1, -0.05) is 29.8 Å². The molecule has 0 saturated heterocycles. The monoisotopic (exact) mass is 228 g/mol. The highest BCUT2D eigenvalue weighted by Gasteiger charge is 2.04. The summed E-state index contributed by atoms with van der Waals surface area (Å²) >= 11 is 0. The quantitative estimate of drug-likeness (QED) is 0.620. The smallest absolute Gasteiger partial charge is 0.171 e. The zero-order valence-corrected chi connectivity index (χ0v) is 10.3. The number of aryl methyl sites for hydroxylation is 2. The van der Waals surface area contributed by atoms with Gasteiger partial charge >= 0.3 is 0 Å². The second-order valence-corrected chi connectivity index (χ2v) is 4.23. The molecule has 17 heavy (non-hydrogen) atoms. The number of hydrogen-bond donors (Lipinski definition) is 1. The molecule has 0 fully saturated rings. The van der Waals surface area contributed by atoms with Crippen LogP contribution >= 0.6 is 0 Å². The number of hydrogen-bond acceptors (Lipinski definition) is 2. The maximum atomic E-state index is 9.58. The summed E-state index contributed by atoms with van der Waals surface area (Å²) in [5.74, 6) is 0.586. The van der Waals surface area contributed by atoms with Crippen molar-refractivity contribution in [2.75, 3.05) is 0 Å². The van der Waals surface area contributed by atoms with Crippen molar-refractivity contribution in [3.05, 3.63) is 53.2 Å². The SMILES string of the molecule is C/C(=N\c1c(C)ccn1O)c1ccc(C)cc1. The van der Waals surface area contributed by atoms with Crippen LogP contribution in [-0.2, 0) is 0 Å². The molecule has 88 valence electrons. The van der Waals surface area contributed by atoms with Crippen LogP contribution in [0.3, 0.4) is 0 Å². The number of aromatic nitrogens is 1. The Kier molecular flexibility index (Phi) is 3.00. The summed E-state index contributed by atoms with van der Waals surface area (Å²) < 4.78 is 1.05. The number of aliphatic imine (C=N–C) groups is 1.